The Balaban J connectivity index is 1.52. The van der Waals surface area contributed by atoms with Crippen LogP contribution in [-0.4, -0.2) is 47.2 Å². The summed E-state index contributed by atoms with van der Waals surface area (Å²) in [7, 11) is -2.06. The number of sulfonamides is 1. The maximum Gasteiger partial charge on any atom is 0.261 e. The first-order chi connectivity index (χ1) is 12.9. The van der Waals surface area contributed by atoms with Gasteiger partial charge in [0, 0.05) is 19.0 Å². The van der Waals surface area contributed by atoms with Crippen molar-refractivity contribution in [3.63, 3.8) is 0 Å². The number of aryl methyl sites for hydroxylation is 1. The van der Waals surface area contributed by atoms with Gasteiger partial charge in [-0.2, -0.15) is 5.10 Å². The molecule has 9 heteroatoms. The minimum Gasteiger partial charge on any atom is -0.281 e. The first kappa shape index (κ1) is 17.2. The smallest absolute Gasteiger partial charge is 0.261 e. The van der Waals surface area contributed by atoms with Crippen molar-refractivity contribution in [2.24, 2.45) is 7.05 Å². The number of aromatic nitrogens is 2. The molecule has 4 rings (SSSR count). The summed E-state index contributed by atoms with van der Waals surface area (Å²) < 4.78 is 29.2. The zero-order valence-electron chi connectivity index (χ0n) is 14.4. The lowest BCUT2D eigenvalue weighted by atomic mass is 10.1. The molecule has 2 heterocycles. The Morgan fingerprint density at radius 1 is 1.00 bits per heavy atom. The Labute approximate surface area is 155 Å². The van der Waals surface area contributed by atoms with Crippen molar-refractivity contribution in [3.05, 3.63) is 59.8 Å². The van der Waals surface area contributed by atoms with E-state index >= 15 is 0 Å². The Hall–Kier alpha value is -3.20. The molecule has 0 atom stereocenters. The zero-order valence-corrected chi connectivity index (χ0v) is 15.2. The van der Waals surface area contributed by atoms with Crippen molar-refractivity contribution in [2.75, 3.05) is 17.0 Å². The van der Waals surface area contributed by atoms with E-state index in [2.05, 4.69) is 9.82 Å². The van der Waals surface area contributed by atoms with Gasteiger partial charge >= 0.3 is 0 Å². The minimum atomic E-state index is -3.78. The molecule has 0 unspecified atom stereocenters. The van der Waals surface area contributed by atoms with Crippen LogP contribution in [0, 0.1) is 0 Å². The summed E-state index contributed by atoms with van der Waals surface area (Å²) in [6.45, 7) is -0.219. The summed E-state index contributed by atoms with van der Waals surface area (Å²) in [5.74, 6) is -1.34. The van der Waals surface area contributed by atoms with Gasteiger partial charge < -0.3 is 0 Å². The second-order valence-corrected chi connectivity index (χ2v) is 8.08. The number of imide groups is 1. The zero-order chi connectivity index (χ0) is 19.2. The molecule has 0 spiro atoms. The molecule has 8 nitrogen and oxygen atoms in total. The van der Waals surface area contributed by atoms with E-state index in [0.717, 1.165) is 10.3 Å². The lowest BCUT2D eigenvalue weighted by Gasteiger charge is -2.15. The first-order valence-corrected chi connectivity index (χ1v) is 9.89. The van der Waals surface area contributed by atoms with Gasteiger partial charge in [-0.05, 0) is 18.2 Å². The van der Waals surface area contributed by atoms with E-state index in [-0.39, 0.29) is 6.54 Å². The SMILES string of the molecule is Cn1ncc2cccc(NS(=O)(=O)CCN3C(=O)c4ccccc4C3=O)c21. The van der Waals surface area contributed by atoms with Crippen LogP contribution < -0.4 is 4.72 Å². The minimum absolute atomic E-state index is 0.219. The van der Waals surface area contributed by atoms with E-state index in [1.807, 2.05) is 6.07 Å². The number of para-hydroxylation sites is 1. The van der Waals surface area contributed by atoms with E-state index in [4.69, 9.17) is 0 Å². The number of nitrogens with zero attached hydrogens (tertiary/aromatic N) is 3. The fourth-order valence-corrected chi connectivity index (χ4v) is 4.21. The van der Waals surface area contributed by atoms with E-state index in [1.165, 1.54) is 0 Å². The number of hydrogen-bond donors (Lipinski definition) is 1. The highest BCUT2D eigenvalue weighted by Crippen LogP contribution is 2.24. The molecule has 27 heavy (non-hydrogen) atoms. The number of nitrogens with one attached hydrogen (secondary N) is 1. The highest BCUT2D eigenvalue weighted by molar-refractivity contribution is 7.92. The van der Waals surface area contributed by atoms with Crippen LogP contribution in [0.1, 0.15) is 20.7 Å². The summed E-state index contributed by atoms with van der Waals surface area (Å²) in [5, 5.41) is 4.93. The van der Waals surface area contributed by atoms with Crippen LogP contribution in [0.3, 0.4) is 0 Å². The number of carbonyl (C=O) groups is 2. The Bertz CT molecular complexity index is 1150. The third kappa shape index (κ3) is 2.95. The molecule has 0 saturated carbocycles. The largest absolute Gasteiger partial charge is 0.281 e. The molecule has 1 aliphatic heterocycles. The number of carbonyl (C=O) groups excluding carboxylic acids is 2. The van der Waals surface area contributed by atoms with Crippen LogP contribution >= 0.6 is 0 Å². The second kappa shape index (κ2) is 6.20. The van der Waals surface area contributed by atoms with Gasteiger partial charge in [0.15, 0.2) is 0 Å². The number of amides is 2. The van der Waals surface area contributed by atoms with Gasteiger partial charge in [-0.3, -0.25) is 23.9 Å². The van der Waals surface area contributed by atoms with Crippen molar-refractivity contribution in [1.29, 1.82) is 0 Å². The maximum absolute atomic E-state index is 12.5. The van der Waals surface area contributed by atoms with Gasteiger partial charge in [0.05, 0.1) is 34.3 Å². The molecule has 1 aliphatic rings. The lowest BCUT2D eigenvalue weighted by Crippen LogP contribution is -2.35. The van der Waals surface area contributed by atoms with Gasteiger partial charge in [-0.1, -0.05) is 24.3 Å². The summed E-state index contributed by atoms with van der Waals surface area (Å²) in [6.07, 6.45) is 1.64. The fraction of sp³-hybridized carbons (Fsp3) is 0.167. The maximum atomic E-state index is 12.5. The van der Waals surface area contributed by atoms with Gasteiger partial charge in [0.2, 0.25) is 10.0 Å². The number of benzene rings is 2. The molecular formula is C18H16N4O4S. The Morgan fingerprint density at radius 3 is 2.33 bits per heavy atom. The lowest BCUT2D eigenvalue weighted by molar-refractivity contribution is 0.0664. The standard InChI is InChI=1S/C18H16N4O4S/c1-21-16-12(11-19-21)5-4-8-15(16)20-27(25,26)10-9-22-17(23)13-6-2-3-7-14(13)18(22)24/h2-8,11,20H,9-10H2,1H3. The normalized spacial score (nSPS) is 14.0. The van der Waals surface area contributed by atoms with Crippen molar-refractivity contribution >= 4 is 38.4 Å². The monoisotopic (exact) mass is 384 g/mol. The Kier molecular flexibility index (Phi) is 3.96. The average molecular weight is 384 g/mol. The fourth-order valence-electron chi connectivity index (χ4n) is 3.19. The van der Waals surface area contributed by atoms with Crippen LogP contribution in [0.25, 0.3) is 10.9 Å². The number of hydrogen-bond acceptors (Lipinski definition) is 5. The second-order valence-electron chi connectivity index (χ2n) is 6.24. The predicted molar refractivity (Wildman–Crippen MR) is 99.9 cm³/mol. The predicted octanol–water partition coefficient (Wildman–Crippen LogP) is 1.61. The molecule has 2 aromatic carbocycles. The van der Waals surface area contributed by atoms with Crippen molar-refractivity contribution in [2.45, 2.75) is 0 Å². The molecule has 138 valence electrons. The van der Waals surface area contributed by atoms with E-state index in [0.29, 0.717) is 22.3 Å². The molecule has 2 amide bonds. The summed E-state index contributed by atoms with van der Waals surface area (Å²) in [4.78, 5) is 25.7. The summed E-state index contributed by atoms with van der Waals surface area (Å²) >= 11 is 0. The molecule has 0 bridgehead atoms. The topological polar surface area (TPSA) is 101 Å². The summed E-state index contributed by atoms with van der Waals surface area (Å²) in [6, 6.07) is 11.7. The van der Waals surface area contributed by atoms with Crippen LogP contribution in [0.15, 0.2) is 48.7 Å². The number of fused-ring (bicyclic) bond motifs is 2. The summed E-state index contributed by atoms with van der Waals surface area (Å²) in [5.41, 5.74) is 1.65. The van der Waals surface area contributed by atoms with E-state index in [9.17, 15) is 18.0 Å². The Morgan fingerprint density at radius 2 is 1.67 bits per heavy atom. The molecule has 0 aliphatic carbocycles. The van der Waals surface area contributed by atoms with Crippen molar-refractivity contribution in [1.82, 2.24) is 14.7 Å². The number of rotatable bonds is 5. The van der Waals surface area contributed by atoms with Crippen molar-refractivity contribution < 1.29 is 18.0 Å². The molecule has 0 fully saturated rings. The van der Waals surface area contributed by atoms with Gasteiger partial charge in [-0.15, -0.1) is 0 Å². The molecule has 1 N–H and O–H groups in total. The van der Waals surface area contributed by atoms with Gasteiger partial charge in [0.1, 0.15) is 0 Å². The van der Waals surface area contributed by atoms with Crippen LogP contribution in [0.5, 0.6) is 0 Å². The molecule has 3 aromatic rings. The van der Waals surface area contributed by atoms with Crippen molar-refractivity contribution in [3.8, 4) is 0 Å². The number of anilines is 1. The van der Waals surface area contributed by atoms with Crippen LogP contribution in [0.4, 0.5) is 5.69 Å². The van der Waals surface area contributed by atoms with Crippen LogP contribution in [0.2, 0.25) is 0 Å². The van der Waals surface area contributed by atoms with Gasteiger partial charge in [0.25, 0.3) is 11.8 Å². The molecule has 0 radical (unpaired) electrons. The van der Waals surface area contributed by atoms with E-state index < -0.39 is 27.6 Å². The molecular weight excluding hydrogens is 368 g/mol. The van der Waals surface area contributed by atoms with E-state index in [1.54, 1.807) is 54.3 Å². The highest BCUT2D eigenvalue weighted by Gasteiger charge is 2.35. The average Bonchev–Trinajstić information content (AvgIpc) is 3.13. The molecule has 0 saturated heterocycles. The quantitative estimate of drug-likeness (QED) is 0.674. The molecule has 1 aromatic heterocycles. The van der Waals surface area contributed by atoms with Gasteiger partial charge in [-0.25, -0.2) is 8.42 Å². The third-order valence-electron chi connectivity index (χ3n) is 4.49. The highest BCUT2D eigenvalue weighted by atomic mass is 32.2. The van der Waals surface area contributed by atoms with Crippen LogP contribution in [-0.2, 0) is 17.1 Å². The third-order valence-corrected chi connectivity index (χ3v) is 5.74. The first-order valence-electron chi connectivity index (χ1n) is 8.24.